The first-order valence-electron chi connectivity index (χ1n) is 2.38. The first-order valence-corrected chi connectivity index (χ1v) is 3.96. The van der Waals surface area contributed by atoms with E-state index in [1.807, 2.05) is 0 Å². The molecule has 0 aliphatic rings. The molecule has 0 aliphatic heterocycles. The van der Waals surface area contributed by atoms with E-state index in [1.165, 1.54) is 6.20 Å². The van der Waals surface area contributed by atoms with Gasteiger partial charge < -0.3 is 5.73 Å². The van der Waals surface area contributed by atoms with Gasteiger partial charge in [0.15, 0.2) is 0 Å². The fraction of sp³-hybridized carbons (Fsp3) is 0. The van der Waals surface area contributed by atoms with E-state index >= 15 is 0 Å². The lowest BCUT2D eigenvalue weighted by Gasteiger charge is -1.99. The lowest BCUT2D eigenvalue weighted by Crippen LogP contribution is -1.93. The van der Waals surface area contributed by atoms with Gasteiger partial charge in [0.2, 0.25) is 5.95 Å². The van der Waals surface area contributed by atoms with E-state index < -0.39 is 5.95 Å². The van der Waals surface area contributed by atoms with Gasteiger partial charge in [-0.05, 0) is 31.9 Å². The average molecular weight is 270 g/mol. The Bertz CT molecular complexity index is 237. The Kier molecular flexibility index (Phi) is 2.25. The molecule has 0 saturated carbocycles. The average Bonchev–Trinajstić information content (AvgIpc) is 1.93. The smallest absolute Gasteiger partial charge is 0.229 e. The van der Waals surface area contributed by atoms with Crippen molar-refractivity contribution in [2.75, 3.05) is 5.73 Å². The van der Waals surface area contributed by atoms with E-state index in [4.69, 9.17) is 5.73 Å². The largest absolute Gasteiger partial charge is 0.397 e. The Morgan fingerprint density at radius 2 is 2.10 bits per heavy atom. The maximum atomic E-state index is 12.5. The molecular formula is C5H3Br2FN2. The number of nitrogens with two attached hydrogens (primary N) is 1. The van der Waals surface area contributed by atoms with E-state index in [-0.39, 0.29) is 4.47 Å². The van der Waals surface area contributed by atoms with Crippen LogP contribution in [0.2, 0.25) is 0 Å². The number of hydrogen-bond acceptors (Lipinski definition) is 2. The highest BCUT2D eigenvalue weighted by atomic mass is 79.9. The highest BCUT2D eigenvalue weighted by molar-refractivity contribution is 9.11. The van der Waals surface area contributed by atoms with Crippen molar-refractivity contribution in [2.24, 2.45) is 0 Å². The maximum Gasteiger partial charge on any atom is 0.229 e. The van der Waals surface area contributed by atoms with Crippen LogP contribution in [-0.2, 0) is 0 Å². The van der Waals surface area contributed by atoms with Crippen LogP contribution in [0.3, 0.4) is 0 Å². The number of nitrogen functional groups attached to an aromatic ring is 1. The molecule has 0 spiro atoms. The zero-order valence-electron chi connectivity index (χ0n) is 4.74. The highest BCUT2D eigenvalue weighted by Crippen LogP contribution is 2.27. The third kappa shape index (κ3) is 1.29. The fourth-order valence-corrected chi connectivity index (χ4v) is 1.34. The van der Waals surface area contributed by atoms with E-state index in [0.717, 1.165) is 0 Å². The first-order chi connectivity index (χ1) is 4.63. The summed E-state index contributed by atoms with van der Waals surface area (Å²) in [6.45, 7) is 0. The maximum absolute atomic E-state index is 12.5. The monoisotopic (exact) mass is 268 g/mol. The number of aromatic nitrogens is 1. The zero-order chi connectivity index (χ0) is 7.72. The van der Waals surface area contributed by atoms with Gasteiger partial charge in [0, 0.05) is 6.20 Å². The summed E-state index contributed by atoms with van der Waals surface area (Å²) in [4.78, 5) is 3.40. The van der Waals surface area contributed by atoms with E-state index in [0.29, 0.717) is 10.2 Å². The molecule has 0 atom stereocenters. The van der Waals surface area contributed by atoms with Crippen LogP contribution < -0.4 is 5.73 Å². The molecule has 10 heavy (non-hydrogen) atoms. The van der Waals surface area contributed by atoms with Crippen LogP contribution in [0.1, 0.15) is 0 Å². The summed E-state index contributed by atoms with van der Waals surface area (Å²) in [7, 11) is 0. The van der Waals surface area contributed by atoms with Crippen molar-refractivity contribution >= 4 is 37.5 Å². The van der Waals surface area contributed by atoms with Crippen LogP contribution in [0.5, 0.6) is 0 Å². The molecule has 1 aromatic rings. The number of halogens is 3. The van der Waals surface area contributed by atoms with Gasteiger partial charge in [-0.1, -0.05) is 0 Å². The quantitative estimate of drug-likeness (QED) is 0.735. The predicted molar refractivity (Wildman–Crippen MR) is 44.0 cm³/mol. The lowest BCUT2D eigenvalue weighted by atomic mass is 10.4. The molecule has 2 nitrogen and oxygen atoms in total. The van der Waals surface area contributed by atoms with Crippen LogP contribution in [0.15, 0.2) is 15.1 Å². The molecule has 5 heteroatoms. The summed E-state index contributed by atoms with van der Waals surface area (Å²) in [5, 5.41) is 0. The number of rotatable bonds is 0. The Morgan fingerprint density at radius 3 is 2.60 bits per heavy atom. The highest BCUT2D eigenvalue weighted by Gasteiger charge is 2.06. The van der Waals surface area contributed by atoms with E-state index in [9.17, 15) is 4.39 Å². The second-order valence-corrected chi connectivity index (χ2v) is 3.27. The van der Waals surface area contributed by atoms with Crippen LogP contribution >= 0.6 is 31.9 Å². The van der Waals surface area contributed by atoms with Crippen molar-refractivity contribution in [3.8, 4) is 0 Å². The molecule has 0 aromatic carbocycles. The molecule has 54 valence electrons. The minimum atomic E-state index is -0.597. The van der Waals surface area contributed by atoms with E-state index in [2.05, 4.69) is 36.8 Å². The molecule has 0 amide bonds. The van der Waals surface area contributed by atoms with Gasteiger partial charge in [-0.25, -0.2) is 4.98 Å². The lowest BCUT2D eigenvalue weighted by molar-refractivity contribution is 0.577. The summed E-state index contributed by atoms with van der Waals surface area (Å²) in [6, 6.07) is 0. The Morgan fingerprint density at radius 1 is 1.50 bits per heavy atom. The van der Waals surface area contributed by atoms with Crippen molar-refractivity contribution in [1.29, 1.82) is 0 Å². The molecule has 1 rings (SSSR count). The molecule has 0 bridgehead atoms. The zero-order valence-corrected chi connectivity index (χ0v) is 7.91. The molecule has 1 aromatic heterocycles. The van der Waals surface area contributed by atoms with Crippen molar-refractivity contribution in [1.82, 2.24) is 4.98 Å². The van der Waals surface area contributed by atoms with Crippen LogP contribution in [-0.4, -0.2) is 4.98 Å². The minimum Gasteiger partial charge on any atom is -0.397 e. The van der Waals surface area contributed by atoms with Gasteiger partial charge in [0.25, 0.3) is 0 Å². The van der Waals surface area contributed by atoms with Crippen LogP contribution in [0, 0.1) is 5.95 Å². The first kappa shape index (κ1) is 7.94. The molecule has 1 heterocycles. The number of hydrogen-bond donors (Lipinski definition) is 1. The molecule has 0 radical (unpaired) electrons. The standard InChI is InChI=1S/C5H3Br2FN2/c6-2-1-10-5(8)3(7)4(2)9/h1H,(H2,9,10). The van der Waals surface area contributed by atoms with Gasteiger partial charge in [-0.15, -0.1) is 0 Å². The number of pyridine rings is 1. The van der Waals surface area contributed by atoms with Crippen molar-refractivity contribution in [3.63, 3.8) is 0 Å². The second kappa shape index (κ2) is 2.84. The third-order valence-electron chi connectivity index (χ3n) is 0.966. The van der Waals surface area contributed by atoms with Crippen molar-refractivity contribution < 1.29 is 4.39 Å². The molecule has 0 fully saturated rings. The summed E-state index contributed by atoms with van der Waals surface area (Å²) in [5.74, 6) is -0.597. The minimum absolute atomic E-state index is 0.196. The van der Waals surface area contributed by atoms with Crippen molar-refractivity contribution in [3.05, 3.63) is 21.1 Å². The summed E-state index contributed by atoms with van der Waals surface area (Å²) < 4.78 is 13.3. The van der Waals surface area contributed by atoms with E-state index in [1.54, 1.807) is 0 Å². The van der Waals surface area contributed by atoms with Gasteiger partial charge in [-0.3, -0.25) is 0 Å². The Balaban J connectivity index is 3.34. The van der Waals surface area contributed by atoms with Gasteiger partial charge in [0.05, 0.1) is 14.6 Å². The summed E-state index contributed by atoms with van der Waals surface area (Å²) in [6.07, 6.45) is 1.31. The number of anilines is 1. The van der Waals surface area contributed by atoms with Crippen molar-refractivity contribution in [2.45, 2.75) is 0 Å². The molecule has 0 unspecified atom stereocenters. The normalized spacial score (nSPS) is 9.90. The Hall–Kier alpha value is -0.160. The molecule has 2 N–H and O–H groups in total. The van der Waals surface area contributed by atoms with Gasteiger partial charge in [-0.2, -0.15) is 4.39 Å². The Labute approximate surface area is 73.9 Å². The topological polar surface area (TPSA) is 38.9 Å². The predicted octanol–water partition coefficient (Wildman–Crippen LogP) is 2.33. The molecule has 0 saturated heterocycles. The van der Waals surface area contributed by atoms with Gasteiger partial charge in [0.1, 0.15) is 0 Å². The molecule has 0 aliphatic carbocycles. The van der Waals surface area contributed by atoms with Crippen LogP contribution in [0.25, 0.3) is 0 Å². The second-order valence-electron chi connectivity index (χ2n) is 1.62. The SMILES string of the molecule is Nc1c(Br)cnc(F)c1Br. The third-order valence-corrected chi connectivity index (χ3v) is 2.35. The number of nitrogens with zero attached hydrogens (tertiary/aromatic N) is 1. The summed E-state index contributed by atoms with van der Waals surface area (Å²) in [5.41, 5.74) is 5.74. The fourth-order valence-electron chi connectivity index (χ4n) is 0.456. The van der Waals surface area contributed by atoms with Crippen LogP contribution in [0.4, 0.5) is 10.1 Å². The molecular weight excluding hydrogens is 267 g/mol. The summed E-state index contributed by atoms with van der Waals surface area (Å²) >= 11 is 6.03. The van der Waals surface area contributed by atoms with Gasteiger partial charge >= 0.3 is 0 Å².